The third-order valence-electron chi connectivity index (χ3n) is 5.55. The molecule has 8 nitrogen and oxygen atoms in total. The van der Waals surface area contributed by atoms with E-state index in [2.05, 4.69) is 0 Å². The van der Waals surface area contributed by atoms with Crippen molar-refractivity contribution < 1.29 is 38.1 Å². The Morgan fingerprint density at radius 1 is 0.594 bits per heavy atom. The molecule has 1 aliphatic carbocycles. The summed E-state index contributed by atoms with van der Waals surface area (Å²) in [6.45, 7) is 2.61. The van der Waals surface area contributed by atoms with E-state index in [0.29, 0.717) is 11.5 Å². The minimum Gasteiger partial charge on any atom is -0.469 e. The molecule has 1 saturated carbocycles. The second kappa shape index (κ2) is 9.64. The van der Waals surface area contributed by atoms with E-state index in [0.717, 1.165) is 11.1 Å². The molecule has 1 aliphatic rings. The van der Waals surface area contributed by atoms with Gasteiger partial charge in [-0.05, 0) is 35.4 Å². The summed E-state index contributed by atoms with van der Waals surface area (Å²) < 4.78 is 20.2. The number of carbonyl (C=O) groups is 4. The molecule has 0 saturated heterocycles. The van der Waals surface area contributed by atoms with Crippen LogP contribution in [-0.4, -0.2) is 38.1 Å². The van der Waals surface area contributed by atoms with Crippen LogP contribution in [0, 0.1) is 11.8 Å². The van der Waals surface area contributed by atoms with E-state index in [1.165, 1.54) is 28.1 Å². The fraction of sp³-hybridized carbons (Fsp3) is 0.333. The standard InChI is InChI=1S/C24H24O8/c1-13(25)31-17-9-5-15(6-10-17)19-21(23(27)29-3)20(22(19)24(28)30-4)16-7-11-18(12-8-16)32-14(2)26/h5-12,19-22H,1-4H3. The lowest BCUT2D eigenvalue weighted by molar-refractivity contribution is -0.164. The van der Waals surface area contributed by atoms with E-state index in [1.807, 2.05) is 0 Å². The lowest BCUT2D eigenvalue weighted by Gasteiger charge is -2.49. The Morgan fingerprint density at radius 2 is 0.906 bits per heavy atom. The molecule has 8 heteroatoms. The fourth-order valence-corrected chi connectivity index (χ4v) is 4.28. The maximum atomic E-state index is 12.7. The minimum atomic E-state index is -0.636. The summed E-state index contributed by atoms with van der Waals surface area (Å²) in [5, 5.41) is 0. The number of hydrogen-bond donors (Lipinski definition) is 0. The predicted octanol–water partition coefficient (Wildman–Crippen LogP) is 3.00. The van der Waals surface area contributed by atoms with E-state index in [1.54, 1.807) is 48.5 Å². The molecule has 0 heterocycles. The average molecular weight is 440 g/mol. The molecule has 0 radical (unpaired) electrons. The average Bonchev–Trinajstić information content (AvgIpc) is 2.74. The zero-order chi connectivity index (χ0) is 23.4. The van der Waals surface area contributed by atoms with Crippen LogP contribution in [0.4, 0.5) is 0 Å². The molecule has 0 aliphatic heterocycles. The van der Waals surface area contributed by atoms with E-state index in [9.17, 15) is 19.2 Å². The first-order valence-electron chi connectivity index (χ1n) is 9.99. The van der Waals surface area contributed by atoms with Crippen molar-refractivity contribution in [3.05, 3.63) is 59.7 Å². The SMILES string of the molecule is COC(=O)C1C(c2ccc(OC(C)=O)cc2)C(C(=O)OC)C1c1ccc(OC(C)=O)cc1. The molecule has 32 heavy (non-hydrogen) atoms. The van der Waals surface area contributed by atoms with Gasteiger partial charge in [-0.15, -0.1) is 0 Å². The summed E-state index contributed by atoms with van der Waals surface area (Å²) in [5.74, 6) is -3.31. The lowest BCUT2D eigenvalue weighted by atomic mass is 9.52. The van der Waals surface area contributed by atoms with Gasteiger partial charge in [0.1, 0.15) is 11.5 Å². The molecule has 0 aromatic heterocycles. The Bertz CT molecular complexity index is 918. The molecule has 0 N–H and O–H groups in total. The van der Waals surface area contributed by atoms with Gasteiger partial charge < -0.3 is 18.9 Å². The van der Waals surface area contributed by atoms with Gasteiger partial charge in [-0.1, -0.05) is 24.3 Å². The number of hydrogen-bond acceptors (Lipinski definition) is 8. The van der Waals surface area contributed by atoms with Crippen LogP contribution >= 0.6 is 0 Å². The molecule has 2 aromatic carbocycles. The Kier molecular flexibility index (Phi) is 6.92. The summed E-state index contributed by atoms with van der Waals surface area (Å²) in [7, 11) is 2.60. The van der Waals surface area contributed by atoms with Crippen LogP contribution in [0.1, 0.15) is 36.8 Å². The van der Waals surface area contributed by atoms with Gasteiger partial charge in [-0.25, -0.2) is 0 Å². The number of rotatable bonds is 6. The zero-order valence-corrected chi connectivity index (χ0v) is 18.2. The number of esters is 4. The fourth-order valence-electron chi connectivity index (χ4n) is 4.28. The van der Waals surface area contributed by atoms with Gasteiger partial charge in [0.2, 0.25) is 0 Å². The summed E-state index contributed by atoms with van der Waals surface area (Å²) in [6.07, 6.45) is 0. The highest BCUT2D eigenvalue weighted by molar-refractivity contribution is 5.85. The highest BCUT2D eigenvalue weighted by atomic mass is 16.5. The highest BCUT2D eigenvalue weighted by Crippen LogP contribution is 2.58. The van der Waals surface area contributed by atoms with Crippen LogP contribution in [0.2, 0.25) is 0 Å². The summed E-state index contributed by atoms with van der Waals surface area (Å²) in [6, 6.07) is 13.3. The Balaban J connectivity index is 1.98. The molecule has 168 valence electrons. The maximum absolute atomic E-state index is 12.7. The Labute approximate surface area is 185 Å². The number of benzene rings is 2. The van der Waals surface area contributed by atoms with Gasteiger partial charge in [0.05, 0.1) is 26.1 Å². The second-order valence-electron chi connectivity index (χ2n) is 7.47. The number of methoxy groups -OCH3 is 2. The molecule has 3 rings (SSSR count). The van der Waals surface area contributed by atoms with Crippen molar-refractivity contribution >= 4 is 23.9 Å². The predicted molar refractivity (Wildman–Crippen MR) is 112 cm³/mol. The second-order valence-corrected chi connectivity index (χ2v) is 7.47. The van der Waals surface area contributed by atoms with Gasteiger partial charge in [0.15, 0.2) is 0 Å². The quantitative estimate of drug-likeness (QED) is 0.499. The van der Waals surface area contributed by atoms with E-state index < -0.39 is 47.5 Å². The largest absolute Gasteiger partial charge is 0.469 e. The van der Waals surface area contributed by atoms with E-state index in [-0.39, 0.29) is 0 Å². The molecular weight excluding hydrogens is 416 g/mol. The molecule has 0 spiro atoms. The van der Waals surface area contributed by atoms with Crippen LogP contribution in [0.15, 0.2) is 48.5 Å². The first-order chi connectivity index (χ1) is 15.3. The lowest BCUT2D eigenvalue weighted by Crippen LogP contribution is -2.51. The van der Waals surface area contributed by atoms with Crippen molar-refractivity contribution in [2.75, 3.05) is 14.2 Å². The minimum absolute atomic E-state index is 0.363. The van der Waals surface area contributed by atoms with Crippen molar-refractivity contribution in [3.8, 4) is 11.5 Å². The molecule has 2 aromatic rings. The Morgan fingerprint density at radius 3 is 1.16 bits per heavy atom. The van der Waals surface area contributed by atoms with E-state index in [4.69, 9.17) is 18.9 Å². The third kappa shape index (κ3) is 4.64. The van der Waals surface area contributed by atoms with Gasteiger partial charge in [-0.3, -0.25) is 19.2 Å². The number of carbonyl (C=O) groups excluding carboxylic acids is 4. The van der Waals surface area contributed by atoms with Crippen molar-refractivity contribution in [2.24, 2.45) is 11.8 Å². The maximum Gasteiger partial charge on any atom is 0.309 e. The van der Waals surface area contributed by atoms with Crippen molar-refractivity contribution in [1.82, 2.24) is 0 Å². The first-order valence-corrected chi connectivity index (χ1v) is 9.99. The van der Waals surface area contributed by atoms with Crippen LogP contribution in [0.25, 0.3) is 0 Å². The molecule has 0 unspecified atom stereocenters. The van der Waals surface area contributed by atoms with Gasteiger partial charge in [0, 0.05) is 25.7 Å². The summed E-state index contributed by atoms with van der Waals surface area (Å²) in [5.41, 5.74) is 1.44. The monoisotopic (exact) mass is 440 g/mol. The zero-order valence-electron chi connectivity index (χ0n) is 18.2. The normalized spacial score (nSPS) is 21.6. The summed E-state index contributed by atoms with van der Waals surface area (Å²) >= 11 is 0. The summed E-state index contributed by atoms with van der Waals surface area (Å²) in [4.78, 5) is 47.8. The van der Waals surface area contributed by atoms with Crippen molar-refractivity contribution in [2.45, 2.75) is 25.7 Å². The van der Waals surface area contributed by atoms with Gasteiger partial charge >= 0.3 is 23.9 Å². The van der Waals surface area contributed by atoms with Crippen LogP contribution < -0.4 is 9.47 Å². The Hall–Kier alpha value is -3.68. The molecule has 1 fully saturated rings. The molecule has 0 bridgehead atoms. The van der Waals surface area contributed by atoms with Gasteiger partial charge in [0.25, 0.3) is 0 Å². The molecule has 0 amide bonds. The van der Waals surface area contributed by atoms with Crippen molar-refractivity contribution in [1.29, 1.82) is 0 Å². The topological polar surface area (TPSA) is 105 Å². The van der Waals surface area contributed by atoms with Crippen LogP contribution in [-0.2, 0) is 28.7 Å². The van der Waals surface area contributed by atoms with E-state index >= 15 is 0 Å². The number of ether oxygens (including phenoxy) is 4. The van der Waals surface area contributed by atoms with Crippen molar-refractivity contribution in [3.63, 3.8) is 0 Å². The molecular formula is C24H24O8. The highest BCUT2D eigenvalue weighted by Gasteiger charge is 2.59. The van der Waals surface area contributed by atoms with Crippen LogP contribution in [0.5, 0.6) is 11.5 Å². The van der Waals surface area contributed by atoms with Gasteiger partial charge in [-0.2, -0.15) is 0 Å². The first kappa shape index (κ1) is 23.0. The van der Waals surface area contributed by atoms with Crippen LogP contribution in [0.3, 0.4) is 0 Å². The third-order valence-corrected chi connectivity index (χ3v) is 5.55. The molecule has 0 atom stereocenters. The smallest absolute Gasteiger partial charge is 0.309 e.